The minimum absolute atomic E-state index is 0.0329. The monoisotopic (exact) mass is 744 g/mol. The molecule has 6 aromatic rings. The molecule has 0 heterocycles. The SMILES string of the molecule is CC(c1ccc(O)cc1)(c1ccc(O)cc1)c1ccc(O)cc1.CC(c1ccc(OCCO)cc1)(c1ccc(OCCO)cc1)c1ccc(OCCO)cc1. The second-order valence-electron chi connectivity index (χ2n) is 13.2. The Kier molecular flexibility index (Phi) is 13.8. The third kappa shape index (κ3) is 9.76. The van der Waals surface area contributed by atoms with Crippen molar-refractivity contribution in [2.24, 2.45) is 0 Å². The molecular weight excluding hydrogens is 696 g/mol. The molecule has 0 atom stereocenters. The molecule has 0 aromatic heterocycles. The number of phenolic OH excluding ortho intramolecular Hbond substituents is 3. The smallest absolute Gasteiger partial charge is 0.119 e. The first kappa shape index (κ1) is 40.2. The van der Waals surface area contributed by atoms with Crippen molar-refractivity contribution in [2.75, 3.05) is 39.6 Å². The molecule has 0 spiro atoms. The number of benzene rings is 6. The Hall–Kier alpha value is -6.00. The van der Waals surface area contributed by atoms with Crippen LogP contribution in [0, 0.1) is 0 Å². The molecule has 6 rings (SSSR count). The summed E-state index contributed by atoms with van der Waals surface area (Å²) in [5.41, 5.74) is 5.28. The van der Waals surface area contributed by atoms with Gasteiger partial charge in [-0.2, -0.15) is 0 Å². The van der Waals surface area contributed by atoms with Gasteiger partial charge in [-0.1, -0.05) is 72.8 Å². The zero-order chi connectivity index (χ0) is 39.3. The Morgan fingerprint density at radius 3 is 0.691 bits per heavy atom. The maximum atomic E-state index is 9.57. The van der Waals surface area contributed by atoms with Gasteiger partial charge in [-0.25, -0.2) is 0 Å². The molecule has 6 N–H and O–H groups in total. The summed E-state index contributed by atoms with van der Waals surface area (Å²) in [5, 5.41) is 55.7. The average molecular weight is 745 g/mol. The van der Waals surface area contributed by atoms with Crippen LogP contribution in [0.4, 0.5) is 0 Å². The van der Waals surface area contributed by atoms with E-state index in [2.05, 4.69) is 13.8 Å². The van der Waals surface area contributed by atoms with Crippen molar-refractivity contribution in [3.8, 4) is 34.5 Å². The van der Waals surface area contributed by atoms with E-state index in [-0.39, 0.29) is 56.9 Å². The van der Waals surface area contributed by atoms with Crippen LogP contribution in [0.25, 0.3) is 0 Å². The van der Waals surface area contributed by atoms with Gasteiger partial charge in [0.1, 0.15) is 54.3 Å². The van der Waals surface area contributed by atoms with E-state index in [1.165, 1.54) is 0 Å². The van der Waals surface area contributed by atoms with Crippen LogP contribution in [0.1, 0.15) is 47.2 Å². The molecule has 0 aliphatic rings. The number of aliphatic hydroxyl groups excluding tert-OH is 3. The van der Waals surface area contributed by atoms with Crippen molar-refractivity contribution in [3.05, 3.63) is 179 Å². The van der Waals surface area contributed by atoms with Gasteiger partial charge in [0.25, 0.3) is 0 Å². The lowest BCUT2D eigenvalue weighted by atomic mass is 9.71. The highest BCUT2D eigenvalue weighted by Crippen LogP contribution is 2.42. The lowest BCUT2D eigenvalue weighted by molar-refractivity contribution is 0.201. The number of hydrogen-bond acceptors (Lipinski definition) is 9. The van der Waals surface area contributed by atoms with E-state index in [1.54, 1.807) is 36.4 Å². The minimum Gasteiger partial charge on any atom is -0.508 e. The van der Waals surface area contributed by atoms with Crippen LogP contribution in [0.5, 0.6) is 34.5 Å². The van der Waals surface area contributed by atoms with Crippen molar-refractivity contribution in [2.45, 2.75) is 24.7 Å². The normalized spacial score (nSPS) is 11.3. The zero-order valence-electron chi connectivity index (χ0n) is 31.0. The lowest BCUT2D eigenvalue weighted by Gasteiger charge is -2.32. The van der Waals surface area contributed by atoms with Crippen molar-refractivity contribution in [1.29, 1.82) is 0 Å². The molecule has 0 saturated carbocycles. The Morgan fingerprint density at radius 1 is 0.327 bits per heavy atom. The third-order valence-electron chi connectivity index (χ3n) is 9.71. The molecule has 9 nitrogen and oxygen atoms in total. The Bertz CT molecular complexity index is 1790. The molecule has 55 heavy (non-hydrogen) atoms. The van der Waals surface area contributed by atoms with E-state index in [4.69, 9.17) is 29.5 Å². The standard InChI is InChI=1S/C26H30O6.C20H18O3/c1-26(20-2-8-23(9-3-20)30-17-14-27,21-4-10-24(11-5-21)31-18-15-28)22-6-12-25(13-7-22)32-19-16-29;1-20(14-2-8-17(21)9-3-14,15-4-10-18(22)11-5-15)16-6-12-19(23)13-7-16/h2-13,27-29H,14-19H2,1H3;2-13,21-23H,1H3. The van der Waals surface area contributed by atoms with Gasteiger partial charge in [-0.05, 0) is 120 Å². The molecule has 9 heteroatoms. The van der Waals surface area contributed by atoms with Crippen LogP contribution in [0.2, 0.25) is 0 Å². The third-order valence-corrected chi connectivity index (χ3v) is 9.71. The number of aromatic hydroxyl groups is 3. The number of aliphatic hydroxyl groups is 3. The van der Waals surface area contributed by atoms with Gasteiger partial charge >= 0.3 is 0 Å². The number of ether oxygens (including phenoxy) is 3. The molecule has 0 bridgehead atoms. The van der Waals surface area contributed by atoms with E-state index in [0.29, 0.717) is 17.2 Å². The highest BCUT2D eigenvalue weighted by molar-refractivity contribution is 5.53. The number of phenols is 3. The number of hydrogen-bond donors (Lipinski definition) is 6. The van der Waals surface area contributed by atoms with Crippen LogP contribution in [0.3, 0.4) is 0 Å². The summed E-state index contributed by atoms with van der Waals surface area (Å²) in [6, 6.07) is 44.9. The molecule has 0 unspecified atom stereocenters. The maximum Gasteiger partial charge on any atom is 0.119 e. The quantitative estimate of drug-likeness (QED) is 0.0596. The van der Waals surface area contributed by atoms with Crippen LogP contribution in [-0.4, -0.2) is 70.3 Å². The van der Waals surface area contributed by atoms with E-state index < -0.39 is 10.8 Å². The Balaban J connectivity index is 0.000000222. The molecular formula is C46H48O9. The van der Waals surface area contributed by atoms with Gasteiger partial charge in [0.15, 0.2) is 0 Å². The number of rotatable bonds is 15. The van der Waals surface area contributed by atoms with Crippen LogP contribution in [0.15, 0.2) is 146 Å². The first-order valence-electron chi connectivity index (χ1n) is 18.0. The molecule has 0 aliphatic carbocycles. The summed E-state index contributed by atoms with van der Waals surface area (Å²) in [5.74, 6) is 2.74. The summed E-state index contributed by atoms with van der Waals surface area (Å²) in [7, 11) is 0. The van der Waals surface area contributed by atoms with Crippen LogP contribution in [-0.2, 0) is 10.8 Å². The van der Waals surface area contributed by atoms with Crippen molar-refractivity contribution < 1.29 is 44.8 Å². The molecule has 0 radical (unpaired) electrons. The van der Waals surface area contributed by atoms with E-state index in [9.17, 15) is 15.3 Å². The first-order valence-corrected chi connectivity index (χ1v) is 18.0. The molecule has 0 aliphatic heterocycles. The fourth-order valence-corrected chi connectivity index (χ4v) is 6.53. The van der Waals surface area contributed by atoms with Gasteiger partial charge in [-0.15, -0.1) is 0 Å². The van der Waals surface area contributed by atoms with Crippen molar-refractivity contribution in [3.63, 3.8) is 0 Å². The average Bonchev–Trinajstić information content (AvgIpc) is 3.22. The summed E-state index contributed by atoms with van der Waals surface area (Å²) >= 11 is 0. The van der Waals surface area contributed by atoms with Gasteiger partial charge < -0.3 is 44.8 Å². The second kappa shape index (κ2) is 18.9. The summed E-state index contributed by atoms with van der Waals surface area (Å²) in [6.45, 7) is 4.89. The minimum atomic E-state index is -0.477. The first-order chi connectivity index (χ1) is 26.6. The van der Waals surface area contributed by atoms with E-state index >= 15 is 0 Å². The summed E-state index contributed by atoms with van der Waals surface area (Å²) in [4.78, 5) is 0. The van der Waals surface area contributed by atoms with Crippen molar-refractivity contribution >= 4 is 0 Å². The predicted octanol–water partition coefficient (Wildman–Crippen LogP) is 7.31. The lowest BCUT2D eigenvalue weighted by Crippen LogP contribution is -2.25. The highest BCUT2D eigenvalue weighted by Gasteiger charge is 2.32. The maximum absolute atomic E-state index is 9.57. The van der Waals surface area contributed by atoms with Gasteiger partial charge in [0, 0.05) is 10.8 Å². The second-order valence-corrected chi connectivity index (χ2v) is 13.2. The van der Waals surface area contributed by atoms with Gasteiger partial charge in [-0.3, -0.25) is 0 Å². The predicted molar refractivity (Wildman–Crippen MR) is 213 cm³/mol. The molecule has 286 valence electrons. The van der Waals surface area contributed by atoms with Crippen LogP contribution >= 0.6 is 0 Å². The van der Waals surface area contributed by atoms with Gasteiger partial charge in [0.2, 0.25) is 0 Å². The molecule has 0 amide bonds. The highest BCUT2D eigenvalue weighted by atomic mass is 16.5. The zero-order valence-corrected chi connectivity index (χ0v) is 31.0. The van der Waals surface area contributed by atoms with Crippen molar-refractivity contribution in [1.82, 2.24) is 0 Å². The van der Waals surface area contributed by atoms with E-state index in [0.717, 1.165) is 33.4 Å². The molecule has 0 fully saturated rings. The molecule has 6 aromatic carbocycles. The van der Waals surface area contributed by atoms with Gasteiger partial charge in [0.05, 0.1) is 19.8 Å². The fourth-order valence-electron chi connectivity index (χ4n) is 6.53. The Morgan fingerprint density at radius 2 is 0.509 bits per heavy atom. The summed E-state index contributed by atoms with van der Waals surface area (Å²) < 4.78 is 16.6. The fraction of sp³-hybridized carbons (Fsp3) is 0.217. The van der Waals surface area contributed by atoms with Crippen LogP contribution < -0.4 is 14.2 Å². The largest absolute Gasteiger partial charge is 0.508 e. The summed E-state index contributed by atoms with van der Waals surface area (Å²) in [6.07, 6.45) is 0. The topological polar surface area (TPSA) is 149 Å². The van der Waals surface area contributed by atoms with E-state index in [1.807, 2.05) is 109 Å². The Labute approximate surface area is 321 Å². The molecule has 0 saturated heterocycles.